The van der Waals surface area contributed by atoms with Gasteiger partial charge in [-0.2, -0.15) is 0 Å². The van der Waals surface area contributed by atoms with Gasteiger partial charge >= 0.3 is 5.97 Å². The number of aliphatic hydroxyl groups excluding tert-OH is 1. The van der Waals surface area contributed by atoms with Crippen molar-refractivity contribution >= 4 is 5.97 Å². The maximum Gasteiger partial charge on any atom is 0.335 e. The fourth-order valence-electron chi connectivity index (χ4n) is 1.70. The number of rotatable bonds is 5. The van der Waals surface area contributed by atoms with Gasteiger partial charge in [0.2, 0.25) is 0 Å². The van der Waals surface area contributed by atoms with Gasteiger partial charge in [0, 0.05) is 0 Å². The molecule has 4 nitrogen and oxygen atoms in total. The van der Waals surface area contributed by atoms with Crippen LogP contribution in [0, 0.1) is 0 Å². The van der Waals surface area contributed by atoms with Crippen LogP contribution in [0.1, 0.15) is 21.5 Å². The van der Waals surface area contributed by atoms with Crippen molar-refractivity contribution in [2.45, 2.75) is 13.2 Å². The van der Waals surface area contributed by atoms with Crippen LogP contribution in [-0.4, -0.2) is 16.2 Å². The number of ether oxygens (including phenoxy) is 1. The van der Waals surface area contributed by atoms with Gasteiger partial charge in [0.25, 0.3) is 0 Å². The highest BCUT2D eigenvalue weighted by Crippen LogP contribution is 2.19. The smallest absolute Gasteiger partial charge is 0.335 e. The highest BCUT2D eigenvalue weighted by molar-refractivity contribution is 5.88. The minimum absolute atomic E-state index is 0.106. The van der Waals surface area contributed by atoms with Gasteiger partial charge in [-0.25, -0.2) is 4.79 Å². The number of carbonyl (C=O) groups is 1. The van der Waals surface area contributed by atoms with E-state index in [0.29, 0.717) is 17.9 Å². The van der Waals surface area contributed by atoms with E-state index >= 15 is 0 Å². The molecular formula is C15H14O4. The Morgan fingerprint density at radius 2 is 1.79 bits per heavy atom. The molecule has 0 saturated heterocycles. The first-order valence-corrected chi connectivity index (χ1v) is 5.84. The Kier molecular flexibility index (Phi) is 4.15. The molecule has 0 saturated carbocycles. The molecule has 0 aliphatic rings. The first kappa shape index (κ1) is 13.1. The van der Waals surface area contributed by atoms with Crippen LogP contribution in [0.5, 0.6) is 5.75 Å². The van der Waals surface area contributed by atoms with E-state index < -0.39 is 5.97 Å². The van der Waals surface area contributed by atoms with E-state index in [1.165, 1.54) is 12.1 Å². The molecule has 0 aliphatic carbocycles. The summed E-state index contributed by atoms with van der Waals surface area (Å²) in [6, 6.07) is 14.1. The highest BCUT2D eigenvalue weighted by Gasteiger charge is 2.07. The van der Waals surface area contributed by atoms with Crippen LogP contribution in [-0.2, 0) is 13.2 Å². The fourth-order valence-corrected chi connectivity index (χ4v) is 1.70. The molecule has 0 unspecified atom stereocenters. The second kappa shape index (κ2) is 6.02. The van der Waals surface area contributed by atoms with Crippen LogP contribution in [0.4, 0.5) is 0 Å². The lowest BCUT2D eigenvalue weighted by Crippen LogP contribution is -2.01. The molecule has 0 heterocycles. The summed E-state index contributed by atoms with van der Waals surface area (Å²) in [6.45, 7) is 0.137. The summed E-state index contributed by atoms with van der Waals surface area (Å²) in [5.74, 6) is -0.604. The Morgan fingerprint density at radius 3 is 2.42 bits per heavy atom. The molecule has 2 rings (SSSR count). The van der Waals surface area contributed by atoms with Gasteiger partial charge in [-0.1, -0.05) is 30.3 Å². The predicted octanol–water partition coefficient (Wildman–Crippen LogP) is 2.46. The van der Waals surface area contributed by atoms with Crippen LogP contribution < -0.4 is 4.74 Å². The van der Waals surface area contributed by atoms with E-state index in [4.69, 9.17) is 14.9 Å². The van der Waals surface area contributed by atoms with Gasteiger partial charge in [0.15, 0.2) is 0 Å². The summed E-state index contributed by atoms with van der Waals surface area (Å²) in [5, 5.41) is 18.1. The third-order valence-corrected chi connectivity index (χ3v) is 2.64. The molecule has 0 spiro atoms. The average Bonchev–Trinajstić information content (AvgIpc) is 2.45. The van der Waals surface area contributed by atoms with Crippen LogP contribution in [0.2, 0.25) is 0 Å². The van der Waals surface area contributed by atoms with Crippen LogP contribution >= 0.6 is 0 Å². The van der Waals surface area contributed by atoms with Crippen LogP contribution in [0.3, 0.4) is 0 Å². The standard InChI is InChI=1S/C15H14O4/c16-9-12-6-13(15(17)18)8-14(7-12)19-10-11-4-2-1-3-5-11/h1-8,16H,9-10H2,(H,17,18). The van der Waals surface area contributed by atoms with Crippen molar-refractivity contribution in [3.63, 3.8) is 0 Å². The molecule has 4 heteroatoms. The number of hydrogen-bond donors (Lipinski definition) is 2. The van der Waals surface area contributed by atoms with Crippen molar-refractivity contribution < 1.29 is 19.7 Å². The molecule has 0 bridgehead atoms. The maximum atomic E-state index is 11.0. The monoisotopic (exact) mass is 258 g/mol. The van der Waals surface area contributed by atoms with Gasteiger partial charge < -0.3 is 14.9 Å². The Balaban J connectivity index is 2.15. The molecule has 19 heavy (non-hydrogen) atoms. The molecule has 0 atom stereocenters. The summed E-state index contributed by atoms with van der Waals surface area (Å²) >= 11 is 0. The van der Waals surface area contributed by atoms with Gasteiger partial charge in [-0.05, 0) is 29.3 Å². The first-order valence-electron chi connectivity index (χ1n) is 5.84. The molecule has 0 radical (unpaired) electrons. The zero-order chi connectivity index (χ0) is 13.7. The van der Waals surface area contributed by atoms with E-state index in [9.17, 15) is 4.79 Å². The van der Waals surface area contributed by atoms with Crippen LogP contribution in [0.25, 0.3) is 0 Å². The Bertz CT molecular complexity index is 564. The van der Waals surface area contributed by atoms with Crippen molar-refractivity contribution in [1.29, 1.82) is 0 Å². The lowest BCUT2D eigenvalue weighted by Gasteiger charge is -2.09. The van der Waals surface area contributed by atoms with E-state index in [0.717, 1.165) is 5.56 Å². The molecule has 2 N–H and O–H groups in total. The van der Waals surface area contributed by atoms with Crippen LogP contribution in [0.15, 0.2) is 48.5 Å². The summed E-state index contributed by atoms with van der Waals surface area (Å²) in [7, 11) is 0. The van der Waals surface area contributed by atoms with E-state index in [-0.39, 0.29) is 12.2 Å². The van der Waals surface area contributed by atoms with Crippen molar-refractivity contribution in [3.05, 3.63) is 65.2 Å². The SMILES string of the molecule is O=C(O)c1cc(CO)cc(OCc2ccccc2)c1. The summed E-state index contributed by atoms with van der Waals surface area (Å²) in [5.41, 5.74) is 1.62. The normalized spacial score (nSPS) is 10.2. The molecule has 2 aromatic carbocycles. The zero-order valence-electron chi connectivity index (χ0n) is 10.2. The second-order valence-corrected chi connectivity index (χ2v) is 4.10. The molecule has 0 amide bonds. The molecule has 0 fully saturated rings. The summed E-state index contributed by atoms with van der Waals surface area (Å²) < 4.78 is 5.55. The number of aromatic carboxylic acids is 1. The number of benzene rings is 2. The van der Waals surface area contributed by atoms with Crippen molar-refractivity contribution in [2.24, 2.45) is 0 Å². The minimum atomic E-state index is -1.04. The highest BCUT2D eigenvalue weighted by atomic mass is 16.5. The molecular weight excluding hydrogens is 244 g/mol. The molecule has 98 valence electrons. The topological polar surface area (TPSA) is 66.8 Å². The Morgan fingerprint density at radius 1 is 1.05 bits per heavy atom. The third kappa shape index (κ3) is 3.56. The first-order chi connectivity index (χ1) is 9.19. The lowest BCUT2D eigenvalue weighted by atomic mass is 10.1. The van der Waals surface area contributed by atoms with Gasteiger partial charge in [-0.15, -0.1) is 0 Å². The van der Waals surface area contributed by atoms with E-state index in [1.807, 2.05) is 30.3 Å². The van der Waals surface area contributed by atoms with Gasteiger partial charge in [-0.3, -0.25) is 0 Å². The number of hydrogen-bond acceptors (Lipinski definition) is 3. The number of carboxylic acids is 1. The predicted molar refractivity (Wildman–Crippen MR) is 70.1 cm³/mol. The van der Waals surface area contributed by atoms with Gasteiger partial charge in [0.1, 0.15) is 12.4 Å². The average molecular weight is 258 g/mol. The fraction of sp³-hybridized carbons (Fsp3) is 0.133. The van der Waals surface area contributed by atoms with Gasteiger partial charge in [0.05, 0.1) is 12.2 Å². The molecule has 0 aliphatic heterocycles. The van der Waals surface area contributed by atoms with E-state index in [2.05, 4.69) is 0 Å². The number of carboxylic acid groups (broad SMARTS) is 1. The largest absolute Gasteiger partial charge is 0.489 e. The summed E-state index contributed by atoms with van der Waals surface area (Å²) in [6.07, 6.45) is 0. The Labute approximate surface area is 110 Å². The second-order valence-electron chi connectivity index (χ2n) is 4.10. The Hall–Kier alpha value is -2.33. The quantitative estimate of drug-likeness (QED) is 0.864. The summed E-state index contributed by atoms with van der Waals surface area (Å²) in [4.78, 5) is 11.0. The minimum Gasteiger partial charge on any atom is -0.489 e. The van der Waals surface area contributed by atoms with Crippen molar-refractivity contribution in [3.8, 4) is 5.75 Å². The maximum absolute atomic E-state index is 11.0. The van der Waals surface area contributed by atoms with Crippen molar-refractivity contribution in [2.75, 3.05) is 0 Å². The van der Waals surface area contributed by atoms with E-state index in [1.54, 1.807) is 6.07 Å². The lowest BCUT2D eigenvalue weighted by molar-refractivity contribution is 0.0696. The molecule has 0 aromatic heterocycles. The molecule has 2 aromatic rings. The zero-order valence-corrected chi connectivity index (χ0v) is 10.2. The van der Waals surface area contributed by atoms with Crippen molar-refractivity contribution in [1.82, 2.24) is 0 Å². The third-order valence-electron chi connectivity index (χ3n) is 2.64. The number of aliphatic hydroxyl groups is 1.